The zero-order valence-corrected chi connectivity index (χ0v) is 10.8. The highest BCUT2D eigenvalue weighted by atomic mass is 16.5. The molecular formula is C12H20N2O4. The van der Waals surface area contributed by atoms with Crippen molar-refractivity contribution in [2.75, 3.05) is 26.7 Å². The Morgan fingerprint density at radius 3 is 3.06 bits per heavy atom. The summed E-state index contributed by atoms with van der Waals surface area (Å²) < 4.78 is 4.59. The van der Waals surface area contributed by atoms with Crippen LogP contribution in [0.25, 0.3) is 0 Å². The molecule has 102 valence electrons. The molecule has 2 fully saturated rings. The van der Waals surface area contributed by atoms with E-state index in [9.17, 15) is 14.7 Å². The maximum atomic E-state index is 11.6. The molecule has 2 aliphatic rings. The molecule has 0 aromatic heterocycles. The Hall–Kier alpha value is -1.14. The van der Waals surface area contributed by atoms with Gasteiger partial charge in [-0.25, -0.2) is 4.79 Å². The third kappa shape index (κ3) is 2.35. The van der Waals surface area contributed by atoms with Crippen LogP contribution in [0.5, 0.6) is 0 Å². The van der Waals surface area contributed by atoms with Gasteiger partial charge in [0.15, 0.2) is 5.60 Å². The summed E-state index contributed by atoms with van der Waals surface area (Å²) in [5.41, 5.74) is -1.53. The van der Waals surface area contributed by atoms with Crippen LogP contribution in [0, 0.1) is 5.92 Å². The molecule has 2 N–H and O–H groups in total. The van der Waals surface area contributed by atoms with Crippen molar-refractivity contribution in [1.29, 1.82) is 0 Å². The van der Waals surface area contributed by atoms with E-state index in [0.29, 0.717) is 6.54 Å². The Balaban J connectivity index is 2.05. The summed E-state index contributed by atoms with van der Waals surface area (Å²) in [6, 6.07) is 0.0855. The van der Waals surface area contributed by atoms with Crippen molar-refractivity contribution in [2.24, 2.45) is 5.92 Å². The van der Waals surface area contributed by atoms with Crippen molar-refractivity contribution in [3.63, 3.8) is 0 Å². The van der Waals surface area contributed by atoms with Crippen LogP contribution in [0.2, 0.25) is 0 Å². The molecule has 2 heterocycles. The lowest BCUT2D eigenvalue weighted by molar-refractivity contribution is -0.163. The molecule has 0 bridgehead atoms. The summed E-state index contributed by atoms with van der Waals surface area (Å²) in [4.78, 5) is 25.1. The maximum Gasteiger partial charge on any atom is 0.338 e. The second-order valence-electron chi connectivity index (χ2n) is 5.30. The summed E-state index contributed by atoms with van der Waals surface area (Å²) >= 11 is 0. The van der Waals surface area contributed by atoms with Gasteiger partial charge in [-0.05, 0) is 26.3 Å². The fourth-order valence-electron chi connectivity index (χ4n) is 2.92. The van der Waals surface area contributed by atoms with Gasteiger partial charge in [-0.3, -0.25) is 9.69 Å². The average molecular weight is 256 g/mol. The number of β-amino-alcohol motifs (C(OH)–C–C–N with tert-alkyl or cyclic N) is 1. The van der Waals surface area contributed by atoms with Gasteiger partial charge in [-0.1, -0.05) is 0 Å². The second-order valence-corrected chi connectivity index (χ2v) is 5.30. The van der Waals surface area contributed by atoms with Gasteiger partial charge >= 0.3 is 5.97 Å². The Labute approximate surface area is 106 Å². The van der Waals surface area contributed by atoms with Gasteiger partial charge in [0.25, 0.3) is 0 Å². The number of hydrogen-bond acceptors (Lipinski definition) is 5. The van der Waals surface area contributed by atoms with Gasteiger partial charge in [0.1, 0.15) is 0 Å². The minimum absolute atomic E-state index is 0.00723. The molecule has 2 aliphatic heterocycles. The van der Waals surface area contributed by atoms with E-state index in [2.05, 4.69) is 10.1 Å². The van der Waals surface area contributed by atoms with Gasteiger partial charge in [-0.2, -0.15) is 0 Å². The Morgan fingerprint density at radius 1 is 1.67 bits per heavy atom. The number of fused-ring (bicyclic) bond motifs is 1. The molecule has 0 aromatic rings. The van der Waals surface area contributed by atoms with Crippen LogP contribution >= 0.6 is 0 Å². The van der Waals surface area contributed by atoms with Crippen LogP contribution in [-0.4, -0.2) is 60.3 Å². The fraction of sp³-hybridized carbons (Fsp3) is 0.833. The smallest absolute Gasteiger partial charge is 0.338 e. The number of hydrogen-bond donors (Lipinski definition) is 2. The van der Waals surface area contributed by atoms with Crippen molar-refractivity contribution in [3.05, 3.63) is 0 Å². The van der Waals surface area contributed by atoms with Crippen molar-refractivity contribution in [2.45, 2.75) is 31.4 Å². The highest BCUT2D eigenvalue weighted by molar-refractivity contribution is 5.82. The quantitative estimate of drug-likeness (QED) is 0.641. The maximum absolute atomic E-state index is 11.6. The zero-order chi connectivity index (χ0) is 13.3. The molecule has 3 unspecified atom stereocenters. The molecule has 6 heteroatoms. The number of carbonyl (C=O) groups excluding carboxylic acids is 2. The number of amides is 1. The number of piperidine rings is 1. The predicted octanol–water partition coefficient (Wildman–Crippen LogP) is -0.879. The lowest BCUT2D eigenvalue weighted by Gasteiger charge is -2.38. The number of rotatable bonds is 3. The molecule has 0 aliphatic carbocycles. The van der Waals surface area contributed by atoms with E-state index in [1.54, 1.807) is 0 Å². The molecule has 2 rings (SSSR count). The topological polar surface area (TPSA) is 78.9 Å². The van der Waals surface area contributed by atoms with Crippen LogP contribution in [0.4, 0.5) is 0 Å². The zero-order valence-electron chi connectivity index (χ0n) is 10.8. The number of likely N-dealkylation sites (tertiary alicyclic amines) is 1. The van der Waals surface area contributed by atoms with Crippen LogP contribution in [0.1, 0.15) is 19.8 Å². The Bertz CT molecular complexity index is 356. The number of nitrogens with one attached hydrogen (secondary N) is 1. The molecule has 0 aromatic carbocycles. The molecule has 3 atom stereocenters. The third-order valence-electron chi connectivity index (χ3n) is 3.85. The molecular weight excluding hydrogens is 236 g/mol. The molecule has 6 nitrogen and oxygen atoms in total. The second kappa shape index (κ2) is 4.85. The first-order chi connectivity index (χ1) is 8.45. The summed E-state index contributed by atoms with van der Waals surface area (Å²) in [6.07, 6.45) is 1.79. The lowest BCUT2D eigenvalue weighted by Crippen LogP contribution is -2.54. The van der Waals surface area contributed by atoms with E-state index >= 15 is 0 Å². The monoisotopic (exact) mass is 256 g/mol. The summed E-state index contributed by atoms with van der Waals surface area (Å²) in [7, 11) is 1.26. The van der Waals surface area contributed by atoms with Crippen LogP contribution in [0.15, 0.2) is 0 Å². The number of esters is 1. The Morgan fingerprint density at radius 2 is 2.39 bits per heavy atom. The predicted molar refractivity (Wildman–Crippen MR) is 63.7 cm³/mol. The van der Waals surface area contributed by atoms with E-state index < -0.39 is 11.6 Å². The van der Waals surface area contributed by atoms with Crippen molar-refractivity contribution < 1.29 is 19.4 Å². The third-order valence-corrected chi connectivity index (χ3v) is 3.85. The molecule has 2 saturated heterocycles. The number of methoxy groups -OCH3 is 1. The summed E-state index contributed by atoms with van der Waals surface area (Å²) in [6.45, 7) is 3.05. The van der Waals surface area contributed by atoms with E-state index in [1.807, 2.05) is 4.90 Å². The first-order valence-corrected chi connectivity index (χ1v) is 6.28. The minimum Gasteiger partial charge on any atom is -0.467 e. The van der Waals surface area contributed by atoms with Gasteiger partial charge < -0.3 is 15.2 Å². The van der Waals surface area contributed by atoms with Gasteiger partial charge in [0, 0.05) is 19.1 Å². The van der Waals surface area contributed by atoms with Crippen molar-refractivity contribution in [3.8, 4) is 0 Å². The van der Waals surface area contributed by atoms with Gasteiger partial charge in [0.05, 0.1) is 13.0 Å². The van der Waals surface area contributed by atoms with Crippen molar-refractivity contribution >= 4 is 11.9 Å². The van der Waals surface area contributed by atoms with Crippen LogP contribution < -0.4 is 5.32 Å². The standard InChI is InChI=1S/C12H20N2O4/c1-12(17,11(16)18-2)7-14-5-3-4-8-9(14)6-13-10(8)15/h8-9,17H,3-7H2,1-2H3,(H,13,15). The normalized spacial score (nSPS) is 31.4. The van der Waals surface area contributed by atoms with E-state index in [0.717, 1.165) is 19.4 Å². The number of aliphatic hydroxyl groups is 1. The minimum atomic E-state index is -1.53. The molecule has 0 saturated carbocycles. The Kier molecular flexibility index (Phi) is 3.59. The number of ether oxygens (including phenoxy) is 1. The molecule has 0 radical (unpaired) electrons. The van der Waals surface area contributed by atoms with E-state index in [-0.39, 0.29) is 24.4 Å². The van der Waals surface area contributed by atoms with Crippen molar-refractivity contribution in [1.82, 2.24) is 10.2 Å². The first-order valence-electron chi connectivity index (χ1n) is 6.28. The molecule has 1 amide bonds. The first kappa shape index (κ1) is 13.3. The molecule has 0 spiro atoms. The largest absolute Gasteiger partial charge is 0.467 e. The SMILES string of the molecule is COC(=O)C(C)(O)CN1CCCC2C(=O)NCC21. The number of nitrogens with zero attached hydrogens (tertiary/aromatic N) is 1. The fourth-order valence-corrected chi connectivity index (χ4v) is 2.92. The van der Waals surface area contributed by atoms with Crippen LogP contribution in [0.3, 0.4) is 0 Å². The highest BCUT2D eigenvalue weighted by Crippen LogP contribution is 2.28. The summed E-state index contributed by atoms with van der Waals surface area (Å²) in [5.74, 6) is -0.559. The van der Waals surface area contributed by atoms with E-state index in [1.165, 1.54) is 14.0 Å². The number of carbonyl (C=O) groups is 2. The average Bonchev–Trinajstić information content (AvgIpc) is 2.71. The van der Waals surface area contributed by atoms with E-state index in [4.69, 9.17) is 0 Å². The lowest BCUT2D eigenvalue weighted by atomic mass is 9.90. The van der Waals surface area contributed by atoms with Gasteiger partial charge in [-0.15, -0.1) is 0 Å². The van der Waals surface area contributed by atoms with Crippen LogP contribution in [-0.2, 0) is 14.3 Å². The summed E-state index contributed by atoms with van der Waals surface area (Å²) in [5, 5.41) is 12.9. The molecule has 18 heavy (non-hydrogen) atoms. The van der Waals surface area contributed by atoms with Gasteiger partial charge in [0.2, 0.25) is 5.91 Å². The highest BCUT2D eigenvalue weighted by Gasteiger charge is 2.44.